The molecule has 0 aliphatic carbocycles. The molecule has 36 heavy (non-hydrogen) atoms. The molecular formula is C24H22Cl3NO8. The largest absolute Gasteiger partial charge is 0.455 e. The molecule has 9 nitrogen and oxygen atoms in total. The topological polar surface area (TPSA) is 113 Å². The SMILES string of the molecule is CC(=O)O[C@@H]1[C@@H](OC(=O)c2ccccc2)[C@@H](OC(=N)C(Cl)(Cl)Cl)O[C@@H]2COC(c3ccccc3)O[C@@H]12. The van der Waals surface area contributed by atoms with Gasteiger partial charge in [-0.2, -0.15) is 0 Å². The zero-order valence-corrected chi connectivity index (χ0v) is 21.1. The quantitative estimate of drug-likeness (QED) is 0.249. The van der Waals surface area contributed by atoms with Gasteiger partial charge in [-0.05, 0) is 12.1 Å². The van der Waals surface area contributed by atoms with Gasteiger partial charge in [0, 0.05) is 12.5 Å². The first-order chi connectivity index (χ1) is 17.1. The molecule has 4 rings (SSSR count). The lowest BCUT2D eigenvalue weighted by Gasteiger charge is -2.48. The Morgan fingerprint density at radius 3 is 2.17 bits per heavy atom. The Kier molecular flexibility index (Phi) is 8.39. The van der Waals surface area contributed by atoms with E-state index in [-0.39, 0.29) is 12.2 Å². The Bertz CT molecular complexity index is 1080. The van der Waals surface area contributed by atoms with E-state index in [0.29, 0.717) is 0 Å². The summed E-state index contributed by atoms with van der Waals surface area (Å²) in [4.78, 5) is 25.0. The van der Waals surface area contributed by atoms with E-state index < -0.39 is 58.6 Å². The van der Waals surface area contributed by atoms with Crippen LogP contribution in [0.4, 0.5) is 0 Å². The molecule has 2 aliphatic heterocycles. The van der Waals surface area contributed by atoms with Gasteiger partial charge in [-0.25, -0.2) is 4.79 Å². The third kappa shape index (κ3) is 6.29. The molecule has 192 valence electrons. The van der Waals surface area contributed by atoms with Gasteiger partial charge in [0.2, 0.25) is 18.3 Å². The fourth-order valence-corrected chi connectivity index (χ4v) is 3.95. The summed E-state index contributed by atoms with van der Waals surface area (Å²) >= 11 is 17.3. The Morgan fingerprint density at radius 2 is 1.56 bits per heavy atom. The number of hydrogen-bond acceptors (Lipinski definition) is 9. The second-order valence-electron chi connectivity index (χ2n) is 7.97. The zero-order chi connectivity index (χ0) is 25.9. The van der Waals surface area contributed by atoms with E-state index in [1.165, 1.54) is 6.92 Å². The molecule has 0 spiro atoms. The number of fused-ring (bicyclic) bond motifs is 1. The fourth-order valence-electron chi connectivity index (χ4n) is 3.82. The highest BCUT2D eigenvalue weighted by molar-refractivity contribution is 6.76. The molecule has 2 aromatic carbocycles. The van der Waals surface area contributed by atoms with E-state index in [4.69, 9.17) is 68.6 Å². The van der Waals surface area contributed by atoms with Crippen molar-refractivity contribution >= 4 is 52.6 Å². The van der Waals surface area contributed by atoms with E-state index in [1.807, 2.05) is 30.3 Å². The Morgan fingerprint density at radius 1 is 0.917 bits per heavy atom. The van der Waals surface area contributed by atoms with Gasteiger partial charge in [0.1, 0.15) is 12.2 Å². The molecule has 2 fully saturated rings. The van der Waals surface area contributed by atoms with E-state index in [1.54, 1.807) is 30.3 Å². The molecule has 0 saturated carbocycles. The summed E-state index contributed by atoms with van der Waals surface area (Å²) in [5, 5.41) is 7.99. The van der Waals surface area contributed by atoms with Gasteiger partial charge in [0.25, 0.3) is 3.79 Å². The van der Waals surface area contributed by atoms with E-state index in [0.717, 1.165) is 5.56 Å². The van der Waals surface area contributed by atoms with Crippen molar-refractivity contribution in [1.29, 1.82) is 5.41 Å². The van der Waals surface area contributed by atoms with Gasteiger partial charge < -0.3 is 28.4 Å². The molecule has 0 bridgehead atoms. The molecule has 12 heteroatoms. The lowest BCUT2D eigenvalue weighted by atomic mass is 9.97. The summed E-state index contributed by atoms with van der Waals surface area (Å²) in [5.41, 5.74) is 0.957. The molecule has 1 N–H and O–H groups in total. The minimum Gasteiger partial charge on any atom is -0.455 e. The van der Waals surface area contributed by atoms with E-state index in [9.17, 15) is 9.59 Å². The van der Waals surface area contributed by atoms with Crippen molar-refractivity contribution in [2.75, 3.05) is 6.61 Å². The summed E-state index contributed by atoms with van der Waals surface area (Å²) in [6.07, 6.45) is -6.59. The average molecular weight is 559 g/mol. The minimum atomic E-state index is -2.22. The van der Waals surface area contributed by atoms with Gasteiger partial charge in [-0.3, -0.25) is 10.2 Å². The number of rotatable bonds is 5. The molecular weight excluding hydrogens is 537 g/mol. The standard InChI is InChI=1S/C24H22Cl3NO8/c1-13(29)32-18-17-16(12-31-21(35-17)15-10-6-3-7-11-15)33-22(36-23(28)24(25,26)27)19(18)34-20(30)14-8-4-2-5-9-14/h2-11,16-19,21-22,28H,12H2,1H3/t16-,17-,18+,19-,21?,22-/m1/s1. The van der Waals surface area contributed by atoms with Crippen molar-refractivity contribution in [2.24, 2.45) is 0 Å². The van der Waals surface area contributed by atoms with Gasteiger partial charge in [0.15, 0.2) is 12.4 Å². The van der Waals surface area contributed by atoms with E-state index >= 15 is 0 Å². The first kappa shape index (κ1) is 26.7. The second-order valence-corrected chi connectivity index (χ2v) is 10.3. The van der Waals surface area contributed by atoms with Crippen LogP contribution in [0.25, 0.3) is 0 Å². The number of benzene rings is 2. The number of carbonyl (C=O) groups is 2. The summed E-state index contributed by atoms with van der Waals surface area (Å²) in [5.74, 6) is -2.19. The van der Waals surface area contributed by atoms with Gasteiger partial charge >= 0.3 is 11.9 Å². The predicted octanol–water partition coefficient (Wildman–Crippen LogP) is 4.35. The highest BCUT2D eigenvalue weighted by Gasteiger charge is 2.55. The molecule has 0 radical (unpaired) electrons. The maximum absolute atomic E-state index is 12.9. The predicted molar refractivity (Wildman–Crippen MR) is 129 cm³/mol. The van der Waals surface area contributed by atoms with Crippen LogP contribution in [-0.4, -0.2) is 58.9 Å². The summed E-state index contributed by atoms with van der Waals surface area (Å²) in [6.45, 7) is 1.22. The van der Waals surface area contributed by atoms with Crippen LogP contribution in [-0.2, 0) is 33.2 Å². The highest BCUT2D eigenvalue weighted by atomic mass is 35.6. The molecule has 6 atom stereocenters. The summed E-state index contributed by atoms with van der Waals surface area (Å²) < 4.78 is 32.4. The smallest absolute Gasteiger partial charge is 0.338 e. The second kappa shape index (κ2) is 11.3. The highest BCUT2D eigenvalue weighted by Crippen LogP contribution is 2.38. The lowest BCUT2D eigenvalue weighted by Crippen LogP contribution is -2.64. The van der Waals surface area contributed by atoms with Crippen LogP contribution in [0.2, 0.25) is 0 Å². The van der Waals surface area contributed by atoms with Crippen LogP contribution in [0.1, 0.15) is 29.1 Å². The fraction of sp³-hybridized carbons (Fsp3) is 0.375. The molecule has 2 saturated heterocycles. The van der Waals surface area contributed by atoms with Crippen molar-refractivity contribution in [1.82, 2.24) is 0 Å². The van der Waals surface area contributed by atoms with Crippen LogP contribution in [0, 0.1) is 5.41 Å². The molecule has 0 amide bonds. The Hall–Kier alpha value is -2.40. The van der Waals surface area contributed by atoms with Crippen molar-refractivity contribution < 1.29 is 38.0 Å². The number of halogens is 3. The number of alkyl halides is 3. The van der Waals surface area contributed by atoms with Gasteiger partial charge in [-0.15, -0.1) is 0 Å². The van der Waals surface area contributed by atoms with Crippen molar-refractivity contribution in [3.63, 3.8) is 0 Å². The van der Waals surface area contributed by atoms with Crippen molar-refractivity contribution in [3.05, 3.63) is 71.8 Å². The number of esters is 2. The van der Waals surface area contributed by atoms with Crippen LogP contribution in [0.5, 0.6) is 0 Å². The first-order valence-corrected chi connectivity index (χ1v) is 12.0. The van der Waals surface area contributed by atoms with E-state index in [2.05, 4.69) is 0 Å². The molecule has 2 heterocycles. The Balaban J connectivity index is 1.66. The number of hydrogen-bond donors (Lipinski definition) is 1. The average Bonchev–Trinajstić information content (AvgIpc) is 2.85. The van der Waals surface area contributed by atoms with Crippen molar-refractivity contribution in [2.45, 2.75) is 47.7 Å². The minimum absolute atomic E-state index is 0.0162. The van der Waals surface area contributed by atoms with Crippen LogP contribution in [0.15, 0.2) is 60.7 Å². The monoisotopic (exact) mass is 557 g/mol. The summed E-state index contributed by atoms with van der Waals surface area (Å²) in [6, 6.07) is 17.3. The maximum atomic E-state index is 12.9. The maximum Gasteiger partial charge on any atom is 0.338 e. The number of carbonyl (C=O) groups excluding carboxylic acids is 2. The summed E-state index contributed by atoms with van der Waals surface area (Å²) in [7, 11) is 0. The first-order valence-electron chi connectivity index (χ1n) is 10.9. The van der Waals surface area contributed by atoms with Crippen molar-refractivity contribution in [3.8, 4) is 0 Å². The zero-order valence-electron chi connectivity index (χ0n) is 18.8. The third-order valence-electron chi connectivity index (χ3n) is 5.40. The molecule has 2 aromatic rings. The van der Waals surface area contributed by atoms with Gasteiger partial charge in [-0.1, -0.05) is 83.3 Å². The lowest BCUT2D eigenvalue weighted by molar-refractivity contribution is -0.352. The van der Waals surface area contributed by atoms with Crippen LogP contribution in [0.3, 0.4) is 0 Å². The van der Waals surface area contributed by atoms with Crippen LogP contribution >= 0.6 is 34.8 Å². The normalized spacial score (nSPS) is 27.9. The number of ether oxygens (including phenoxy) is 6. The molecule has 1 unspecified atom stereocenters. The third-order valence-corrected chi connectivity index (χ3v) is 5.92. The van der Waals surface area contributed by atoms with Crippen LogP contribution < -0.4 is 0 Å². The molecule has 2 aliphatic rings. The van der Waals surface area contributed by atoms with Gasteiger partial charge in [0.05, 0.1) is 12.2 Å². The number of nitrogens with one attached hydrogen (secondary N) is 1. The molecule has 0 aromatic heterocycles. The Labute approximate surface area is 221 Å².